The third kappa shape index (κ3) is 6.97. The number of carbonyl (C=O) groups is 3. The Balaban J connectivity index is 0.000000328. The molecule has 3 rings (SSSR count). The lowest BCUT2D eigenvalue weighted by molar-refractivity contribution is -0.139. The van der Waals surface area contributed by atoms with Crippen LogP contribution >= 0.6 is 11.3 Å². The van der Waals surface area contributed by atoms with E-state index in [1.54, 1.807) is 0 Å². The van der Waals surface area contributed by atoms with Crippen molar-refractivity contribution >= 4 is 34.1 Å². The number of carbonyl (C=O) groups excluding carboxylic acids is 1. The molecule has 0 unspecified atom stereocenters. The van der Waals surface area contributed by atoms with Crippen LogP contribution in [-0.2, 0) is 22.4 Å². The fourth-order valence-electron chi connectivity index (χ4n) is 3.37. The van der Waals surface area contributed by atoms with Gasteiger partial charge in [-0.25, -0.2) is 0 Å². The number of nitrogens with two attached hydrogens (primary N) is 2. The van der Waals surface area contributed by atoms with Crippen molar-refractivity contribution < 1.29 is 29.7 Å². The number of carboxylic acids is 2. The quantitative estimate of drug-likeness (QED) is 0.220. The SMILES string of the molecule is NCCCC[C@H](N)C(=O)O.O=C(O)CNC(=O)c1c(O)nc2sc3c(n2c1=O)CCCCC3. The summed E-state index contributed by atoms with van der Waals surface area (Å²) in [4.78, 5) is 50.7. The third-order valence-electron chi connectivity index (χ3n) is 5.07. The molecule has 0 aromatic carbocycles. The van der Waals surface area contributed by atoms with Crippen molar-refractivity contribution in [3.63, 3.8) is 0 Å². The van der Waals surface area contributed by atoms with Gasteiger partial charge >= 0.3 is 11.9 Å². The van der Waals surface area contributed by atoms with Gasteiger partial charge < -0.3 is 32.1 Å². The molecule has 1 aliphatic carbocycles. The number of carboxylic acid groups (broad SMARTS) is 2. The number of fused-ring (bicyclic) bond motifs is 3. The smallest absolute Gasteiger partial charge is 0.322 e. The topological polar surface area (TPSA) is 210 Å². The van der Waals surface area contributed by atoms with Gasteiger partial charge in [0.15, 0.2) is 10.5 Å². The van der Waals surface area contributed by atoms with E-state index in [0.29, 0.717) is 17.9 Å². The largest absolute Gasteiger partial charge is 0.492 e. The van der Waals surface area contributed by atoms with Crippen molar-refractivity contribution in [2.45, 2.75) is 57.4 Å². The molecule has 0 radical (unpaired) electrons. The Kier molecular flexibility index (Phi) is 9.75. The van der Waals surface area contributed by atoms with E-state index in [1.807, 2.05) is 0 Å². The van der Waals surface area contributed by atoms with E-state index in [2.05, 4.69) is 10.3 Å². The number of rotatable bonds is 8. The first-order valence-electron chi connectivity index (χ1n) is 10.6. The first-order chi connectivity index (χ1) is 15.7. The van der Waals surface area contributed by atoms with E-state index in [4.69, 9.17) is 21.7 Å². The van der Waals surface area contributed by atoms with E-state index in [0.717, 1.165) is 55.5 Å². The standard InChI is InChI=1S/C14H15N3O5S.C6H14N2O2/c18-9(19)6-15-11(20)10-12(21)16-14-17(13(10)22)7-4-2-1-3-5-8(7)23-14;7-4-2-1-3-5(8)6(9)10/h21H,1-6H2,(H,15,20)(H,18,19);5H,1-4,7-8H2,(H,9,10)/t;5-/m.0/s1. The maximum absolute atomic E-state index is 12.6. The fraction of sp³-hybridized carbons (Fsp3) is 0.550. The molecule has 1 amide bonds. The van der Waals surface area contributed by atoms with Crippen LogP contribution in [0, 0.1) is 0 Å². The zero-order valence-electron chi connectivity index (χ0n) is 18.1. The first-order valence-corrected chi connectivity index (χ1v) is 11.4. The highest BCUT2D eigenvalue weighted by Crippen LogP contribution is 2.28. The van der Waals surface area contributed by atoms with Crippen LogP contribution in [0.5, 0.6) is 5.88 Å². The Morgan fingerprint density at radius 1 is 1.15 bits per heavy atom. The molecule has 0 saturated heterocycles. The molecular formula is C20H29N5O7S. The van der Waals surface area contributed by atoms with Gasteiger partial charge in [-0.05, 0) is 45.1 Å². The van der Waals surface area contributed by atoms with Gasteiger partial charge in [-0.1, -0.05) is 12.8 Å². The van der Waals surface area contributed by atoms with Crippen LogP contribution in [-0.4, -0.2) is 61.7 Å². The maximum atomic E-state index is 12.6. The molecule has 0 aliphatic heterocycles. The molecule has 12 nitrogen and oxygen atoms in total. The number of unbranched alkanes of at least 4 members (excludes halogenated alkanes) is 1. The summed E-state index contributed by atoms with van der Waals surface area (Å²) in [6, 6.07) is -0.716. The van der Waals surface area contributed by atoms with Crippen molar-refractivity contribution in [3.05, 3.63) is 26.5 Å². The summed E-state index contributed by atoms with van der Waals surface area (Å²) in [5.41, 5.74) is 10.1. The minimum Gasteiger partial charge on any atom is -0.492 e. The molecule has 0 spiro atoms. The van der Waals surface area contributed by atoms with Gasteiger partial charge in [0, 0.05) is 10.6 Å². The lowest BCUT2D eigenvalue weighted by atomic mass is 10.1. The monoisotopic (exact) mass is 483 g/mol. The molecule has 0 bridgehead atoms. The van der Waals surface area contributed by atoms with E-state index >= 15 is 0 Å². The fourth-order valence-corrected chi connectivity index (χ4v) is 4.56. The van der Waals surface area contributed by atoms with E-state index in [9.17, 15) is 24.3 Å². The zero-order chi connectivity index (χ0) is 24.5. The molecule has 1 atom stereocenters. The van der Waals surface area contributed by atoms with Crippen LogP contribution in [0.25, 0.3) is 4.96 Å². The van der Waals surface area contributed by atoms with Gasteiger partial charge in [0.1, 0.15) is 12.6 Å². The number of nitrogens with one attached hydrogen (secondary N) is 1. The molecule has 13 heteroatoms. The number of hydrogen-bond acceptors (Lipinski definition) is 9. The number of aryl methyl sites for hydroxylation is 2. The Bertz CT molecular complexity index is 1070. The second-order valence-electron chi connectivity index (χ2n) is 7.57. The lowest BCUT2D eigenvalue weighted by Crippen LogP contribution is -2.35. The predicted molar refractivity (Wildman–Crippen MR) is 121 cm³/mol. The van der Waals surface area contributed by atoms with Crippen molar-refractivity contribution in [1.29, 1.82) is 0 Å². The number of hydrogen-bond donors (Lipinski definition) is 6. The molecule has 182 valence electrons. The Morgan fingerprint density at radius 3 is 2.48 bits per heavy atom. The highest BCUT2D eigenvalue weighted by atomic mass is 32.1. The van der Waals surface area contributed by atoms with Gasteiger partial charge in [0.25, 0.3) is 11.5 Å². The Labute approximate surface area is 193 Å². The lowest BCUT2D eigenvalue weighted by Gasteiger charge is -2.06. The highest BCUT2D eigenvalue weighted by Gasteiger charge is 2.24. The number of aliphatic carboxylic acids is 2. The van der Waals surface area contributed by atoms with Crippen LogP contribution in [0.15, 0.2) is 4.79 Å². The van der Waals surface area contributed by atoms with E-state index < -0.39 is 47.4 Å². The molecule has 33 heavy (non-hydrogen) atoms. The summed E-state index contributed by atoms with van der Waals surface area (Å²) >= 11 is 1.35. The number of aromatic nitrogens is 2. The second kappa shape index (κ2) is 12.3. The molecule has 2 heterocycles. The summed E-state index contributed by atoms with van der Waals surface area (Å²) < 4.78 is 1.38. The average molecular weight is 484 g/mol. The number of nitrogens with zero attached hydrogens (tertiary/aromatic N) is 2. The highest BCUT2D eigenvalue weighted by molar-refractivity contribution is 7.17. The van der Waals surface area contributed by atoms with Crippen LogP contribution in [0.4, 0.5) is 0 Å². The maximum Gasteiger partial charge on any atom is 0.322 e. The van der Waals surface area contributed by atoms with Crippen molar-refractivity contribution in [2.24, 2.45) is 11.5 Å². The number of thiazole rings is 1. The van der Waals surface area contributed by atoms with Gasteiger partial charge in [0.05, 0.1) is 0 Å². The zero-order valence-corrected chi connectivity index (χ0v) is 18.9. The Morgan fingerprint density at radius 2 is 1.85 bits per heavy atom. The van der Waals surface area contributed by atoms with Crippen LogP contribution in [0.2, 0.25) is 0 Å². The summed E-state index contributed by atoms with van der Waals surface area (Å²) in [5, 5.41) is 28.9. The van der Waals surface area contributed by atoms with Crippen molar-refractivity contribution in [2.75, 3.05) is 13.1 Å². The average Bonchev–Trinajstić information content (AvgIpc) is 2.93. The molecular weight excluding hydrogens is 454 g/mol. The number of aromatic hydroxyl groups is 1. The van der Waals surface area contributed by atoms with Gasteiger partial charge in [0.2, 0.25) is 5.88 Å². The molecule has 8 N–H and O–H groups in total. The van der Waals surface area contributed by atoms with E-state index in [1.165, 1.54) is 15.7 Å². The molecule has 2 aromatic rings. The summed E-state index contributed by atoms with van der Waals surface area (Å²) in [7, 11) is 0. The molecule has 0 fully saturated rings. The minimum atomic E-state index is -1.24. The molecule has 0 saturated carbocycles. The Hall–Kier alpha value is -3.03. The van der Waals surface area contributed by atoms with Gasteiger partial charge in [-0.15, -0.1) is 11.3 Å². The summed E-state index contributed by atoms with van der Waals surface area (Å²) in [6.45, 7) is -0.0332. The normalized spacial score (nSPS) is 13.9. The van der Waals surface area contributed by atoms with Crippen LogP contribution in [0.3, 0.4) is 0 Å². The summed E-state index contributed by atoms with van der Waals surface area (Å²) in [6.07, 6.45) is 6.80. The molecule has 1 aliphatic rings. The summed E-state index contributed by atoms with van der Waals surface area (Å²) in [5.74, 6) is -3.78. The second-order valence-corrected chi connectivity index (χ2v) is 8.63. The minimum absolute atomic E-state index is 0.356. The predicted octanol–water partition coefficient (Wildman–Crippen LogP) is 0.0722. The molecule has 2 aromatic heterocycles. The van der Waals surface area contributed by atoms with Crippen molar-refractivity contribution in [1.82, 2.24) is 14.7 Å². The van der Waals surface area contributed by atoms with Gasteiger partial charge in [-0.3, -0.25) is 23.6 Å². The van der Waals surface area contributed by atoms with Crippen molar-refractivity contribution in [3.8, 4) is 5.88 Å². The third-order valence-corrected chi connectivity index (χ3v) is 6.21. The van der Waals surface area contributed by atoms with Crippen LogP contribution < -0.4 is 22.3 Å². The van der Waals surface area contributed by atoms with Crippen LogP contribution in [0.1, 0.15) is 59.5 Å². The number of amides is 1. The van der Waals surface area contributed by atoms with Gasteiger partial charge in [-0.2, -0.15) is 4.98 Å². The first kappa shape index (κ1) is 26.2. The van der Waals surface area contributed by atoms with E-state index in [-0.39, 0.29) is 0 Å².